The van der Waals surface area contributed by atoms with E-state index in [2.05, 4.69) is 25.0 Å². The monoisotopic (exact) mass is 545 g/mol. The molecule has 0 spiro atoms. The number of aromatic nitrogens is 3. The topological polar surface area (TPSA) is 121 Å². The lowest BCUT2D eigenvalue weighted by Crippen LogP contribution is -2.30. The van der Waals surface area contributed by atoms with E-state index in [1.54, 1.807) is 12.1 Å². The molecule has 5 rings (SSSR count). The van der Waals surface area contributed by atoms with E-state index in [1.165, 1.54) is 36.4 Å². The van der Waals surface area contributed by atoms with Gasteiger partial charge in [-0.1, -0.05) is 44.1 Å². The predicted octanol–water partition coefficient (Wildman–Crippen LogP) is 5.19. The number of rotatable bonds is 3. The quantitative estimate of drug-likeness (QED) is 0.363. The minimum atomic E-state index is -4.69. The number of benzene rings is 2. The Bertz CT molecular complexity index is 1690. The predicted molar refractivity (Wildman–Crippen MR) is 134 cm³/mol. The van der Waals surface area contributed by atoms with Crippen LogP contribution in [0.4, 0.5) is 30.4 Å². The van der Waals surface area contributed by atoms with Crippen molar-refractivity contribution in [3.8, 4) is 11.4 Å². The maximum Gasteiger partial charge on any atom is 0.439 e. The van der Waals surface area contributed by atoms with Gasteiger partial charge in [0.1, 0.15) is 11.5 Å². The first-order valence-corrected chi connectivity index (χ1v) is 12.9. The van der Waals surface area contributed by atoms with Crippen LogP contribution >= 0.6 is 0 Å². The maximum atomic E-state index is 14.0. The van der Waals surface area contributed by atoms with E-state index in [0.29, 0.717) is 5.56 Å². The summed E-state index contributed by atoms with van der Waals surface area (Å²) in [6.07, 6.45) is -4.69. The minimum Gasteiger partial charge on any atom is -0.338 e. The molecule has 0 saturated heterocycles. The molecule has 2 N–H and O–H groups in total. The average molecular weight is 546 g/mol. The van der Waals surface area contributed by atoms with Crippen molar-refractivity contribution in [2.24, 2.45) is 0 Å². The number of sulfonamides is 1. The SMILES string of the molecule is CC(C)(C)c1ccc(S(=O)(=O)N2Cc3ccc(C(F)(F)F)nc3Nc3ccc(-c4noc(=O)[nH]4)cc32)cc1. The average Bonchev–Trinajstić information content (AvgIpc) is 3.20. The van der Waals surface area contributed by atoms with Crippen molar-refractivity contribution >= 4 is 27.2 Å². The van der Waals surface area contributed by atoms with Crippen molar-refractivity contribution in [3.63, 3.8) is 0 Å². The van der Waals surface area contributed by atoms with Gasteiger partial charge in [0.25, 0.3) is 10.0 Å². The van der Waals surface area contributed by atoms with Crippen molar-refractivity contribution in [1.82, 2.24) is 15.1 Å². The highest BCUT2D eigenvalue weighted by molar-refractivity contribution is 7.92. The lowest BCUT2D eigenvalue weighted by atomic mass is 9.87. The second-order valence-corrected chi connectivity index (χ2v) is 11.7. The molecule has 1 aliphatic rings. The number of hydrogen-bond donors (Lipinski definition) is 2. The van der Waals surface area contributed by atoms with E-state index in [9.17, 15) is 26.4 Å². The minimum absolute atomic E-state index is 0.0000157. The Morgan fingerprint density at radius 3 is 2.32 bits per heavy atom. The number of anilines is 3. The Morgan fingerprint density at radius 2 is 1.71 bits per heavy atom. The van der Waals surface area contributed by atoms with Crippen LogP contribution in [-0.2, 0) is 28.2 Å². The van der Waals surface area contributed by atoms with Crippen LogP contribution in [0.25, 0.3) is 11.4 Å². The number of fused-ring (bicyclic) bond motifs is 2. The first-order valence-electron chi connectivity index (χ1n) is 11.4. The number of nitrogens with one attached hydrogen (secondary N) is 2. The fourth-order valence-corrected chi connectivity index (χ4v) is 5.52. The van der Waals surface area contributed by atoms with Crippen LogP contribution in [0, 0.1) is 0 Å². The molecule has 38 heavy (non-hydrogen) atoms. The highest BCUT2D eigenvalue weighted by Gasteiger charge is 2.36. The lowest BCUT2D eigenvalue weighted by Gasteiger charge is -2.25. The summed E-state index contributed by atoms with van der Waals surface area (Å²) in [5.74, 6) is -0.860. The van der Waals surface area contributed by atoms with Gasteiger partial charge < -0.3 is 5.32 Å². The first-order chi connectivity index (χ1) is 17.7. The van der Waals surface area contributed by atoms with Gasteiger partial charge in [-0.2, -0.15) is 13.2 Å². The third-order valence-electron chi connectivity index (χ3n) is 6.12. The molecule has 198 valence electrons. The van der Waals surface area contributed by atoms with Gasteiger partial charge in [-0.3, -0.25) is 13.8 Å². The smallest absolute Gasteiger partial charge is 0.338 e. The van der Waals surface area contributed by atoms with E-state index in [-0.39, 0.29) is 45.4 Å². The number of alkyl halides is 3. The third-order valence-corrected chi connectivity index (χ3v) is 7.90. The van der Waals surface area contributed by atoms with E-state index < -0.39 is 27.6 Å². The zero-order chi connectivity index (χ0) is 27.5. The van der Waals surface area contributed by atoms with Crippen LogP contribution < -0.4 is 15.4 Å². The van der Waals surface area contributed by atoms with Crippen molar-refractivity contribution in [3.05, 3.63) is 82.0 Å². The Labute approximate surface area is 215 Å². The Kier molecular flexibility index (Phi) is 5.86. The van der Waals surface area contributed by atoms with E-state index in [1.807, 2.05) is 20.8 Å². The number of H-pyrrole nitrogens is 1. The van der Waals surface area contributed by atoms with Crippen molar-refractivity contribution in [1.29, 1.82) is 0 Å². The fraction of sp³-hybridized carbons (Fsp3) is 0.240. The van der Waals surface area contributed by atoms with E-state index in [0.717, 1.165) is 15.9 Å². The molecule has 4 aromatic rings. The Balaban J connectivity index is 1.67. The van der Waals surface area contributed by atoms with Crippen LogP contribution in [0.2, 0.25) is 0 Å². The number of halogens is 3. The number of nitrogens with zero attached hydrogens (tertiary/aromatic N) is 3. The summed E-state index contributed by atoms with van der Waals surface area (Å²) in [4.78, 5) is 17.6. The van der Waals surface area contributed by atoms with E-state index in [4.69, 9.17) is 0 Å². The Hall–Kier alpha value is -4.13. The summed E-state index contributed by atoms with van der Waals surface area (Å²) in [6, 6.07) is 12.9. The third kappa shape index (κ3) is 4.64. The van der Waals surface area contributed by atoms with Gasteiger partial charge in [0, 0.05) is 11.1 Å². The van der Waals surface area contributed by atoms with Crippen LogP contribution in [0.15, 0.2) is 68.8 Å². The summed E-state index contributed by atoms with van der Waals surface area (Å²) in [6.45, 7) is 5.70. The fourth-order valence-electron chi connectivity index (χ4n) is 4.06. The molecular formula is C25H22F3N5O4S. The highest BCUT2D eigenvalue weighted by atomic mass is 32.2. The molecule has 9 nitrogen and oxygen atoms in total. The van der Waals surface area contributed by atoms with Crippen LogP contribution in [0.3, 0.4) is 0 Å². The van der Waals surface area contributed by atoms with Crippen LogP contribution in [0.1, 0.15) is 37.6 Å². The molecule has 13 heteroatoms. The molecule has 1 aliphatic heterocycles. The molecule has 0 amide bonds. The summed E-state index contributed by atoms with van der Waals surface area (Å²) in [7, 11) is -4.21. The molecule has 2 aromatic carbocycles. The number of pyridine rings is 1. The zero-order valence-electron chi connectivity index (χ0n) is 20.4. The molecular weight excluding hydrogens is 523 g/mol. The molecule has 0 unspecified atom stereocenters. The standard InChI is InChI=1S/C25H22F3N5O4S/c1-24(2,3)16-6-8-17(9-7-16)38(35,36)33-13-15-5-11-20(25(26,27)28)30-21(15)29-18-10-4-14(12-19(18)33)22-31-23(34)37-32-22/h4-12H,13H2,1-3H3,(H,29,30)(H,31,32,34). The molecule has 0 fully saturated rings. The van der Waals surface area contributed by atoms with Gasteiger partial charge >= 0.3 is 11.9 Å². The molecule has 2 aromatic heterocycles. The summed E-state index contributed by atoms with van der Waals surface area (Å²) in [5, 5.41) is 6.49. The molecule has 0 atom stereocenters. The van der Waals surface area contributed by atoms with Gasteiger partial charge in [0.2, 0.25) is 0 Å². The van der Waals surface area contributed by atoms with E-state index >= 15 is 0 Å². The maximum absolute atomic E-state index is 14.0. The molecule has 0 bridgehead atoms. The van der Waals surface area contributed by atoms with Crippen molar-refractivity contribution in [2.75, 3.05) is 9.62 Å². The number of aromatic amines is 1. The number of hydrogen-bond acceptors (Lipinski definition) is 7. The van der Waals surface area contributed by atoms with Gasteiger partial charge in [0.05, 0.1) is 22.8 Å². The summed E-state index contributed by atoms with van der Waals surface area (Å²) >= 11 is 0. The van der Waals surface area contributed by atoms with Crippen LogP contribution in [-0.4, -0.2) is 23.5 Å². The highest BCUT2D eigenvalue weighted by Crippen LogP contribution is 2.41. The van der Waals surface area contributed by atoms with Gasteiger partial charge in [-0.05, 0) is 47.4 Å². The molecule has 0 saturated carbocycles. The van der Waals surface area contributed by atoms with Gasteiger partial charge in [-0.25, -0.2) is 18.2 Å². The molecule has 0 aliphatic carbocycles. The summed E-state index contributed by atoms with van der Waals surface area (Å²) < 4.78 is 73.6. The van der Waals surface area contributed by atoms with Crippen molar-refractivity contribution in [2.45, 2.75) is 43.8 Å². The normalized spacial score (nSPS) is 13.9. The first kappa shape index (κ1) is 25.5. The van der Waals surface area contributed by atoms with Crippen molar-refractivity contribution < 1.29 is 26.1 Å². The molecule has 0 radical (unpaired) electrons. The summed E-state index contributed by atoms with van der Waals surface area (Å²) in [5.41, 5.74) is 0.496. The second kappa shape index (κ2) is 8.72. The van der Waals surface area contributed by atoms with Crippen LogP contribution in [0.5, 0.6) is 0 Å². The lowest BCUT2D eigenvalue weighted by molar-refractivity contribution is -0.141. The molecule has 3 heterocycles. The largest absolute Gasteiger partial charge is 0.439 e. The zero-order valence-corrected chi connectivity index (χ0v) is 21.2. The van der Waals surface area contributed by atoms with Gasteiger partial charge in [-0.15, -0.1) is 0 Å². The second-order valence-electron chi connectivity index (χ2n) is 9.79. The Morgan fingerprint density at radius 1 is 1.00 bits per heavy atom. The van der Waals surface area contributed by atoms with Gasteiger partial charge in [0.15, 0.2) is 5.82 Å².